The number of likely N-dealkylation sites (N-methyl/N-ethyl adjacent to an activating group) is 1. The predicted octanol–water partition coefficient (Wildman–Crippen LogP) is 3.09. The van der Waals surface area contributed by atoms with E-state index in [0.29, 0.717) is 28.5 Å². The van der Waals surface area contributed by atoms with E-state index in [0.717, 1.165) is 12.1 Å². The van der Waals surface area contributed by atoms with Crippen LogP contribution in [0, 0.1) is 11.6 Å². The van der Waals surface area contributed by atoms with E-state index in [-0.39, 0.29) is 12.0 Å². The number of fused-ring (bicyclic) bond motifs is 1. The van der Waals surface area contributed by atoms with E-state index in [9.17, 15) is 28.0 Å². The molecule has 3 amide bonds. The number of nitrogens with zero attached hydrogens (tertiary/aromatic N) is 3. The number of methoxy groups -OCH3 is 1. The average molecular weight is 580 g/mol. The third kappa shape index (κ3) is 6.02. The van der Waals surface area contributed by atoms with Gasteiger partial charge in [-0.1, -0.05) is 12.1 Å². The maximum atomic E-state index is 14.0. The second-order valence-corrected chi connectivity index (χ2v) is 9.90. The van der Waals surface area contributed by atoms with Crippen molar-refractivity contribution in [2.75, 3.05) is 19.1 Å². The van der Waals surface area contributed by atoms with E-state index in [1.54, 1.807) is 48.5 Å². The lowest BCUT2D eigenvalue weighted by Crippen LogP contribution is -2.51. The molecule has 0 bridgehead atoms. The lowest BCUT2D eigenvalue weighted by atomic mass is 10.0. The van der Waals surface area contributed by atoms with E-state index in [1.165, 1.54) is 42.0 Å². The number of aromatic nitrogens is 2. The number of primary amides is 1. The monoisotopic (exact) mass is 579 g/mol. The zero-order valence-corrected chi connectivity index (χ0v) is 23.5. The summed E-state index contributed by atoms with van der Waals surface area (Å²) in [6.45, 7) is 2.95. The Labute approximate surface area is 240 Å². The molecule has 0 saturated heterocycles. The molecule has 0 aliphatic carbocycles. The maximum absolute atomic E-state index is 14.0. The van der Waals surface area contributed by atoms with Crippen LogP contribution in [0.5, 0.6) is 5.75 Å². The second-order valence-electron chi connectivity index (χ2n) is 9.90. The molecule has 0 spiro atoms. The first kappa shape index (κ1) is 30.0. The Balaban J connectivity index is 1.70. The lowest BCUT2D eigenvalue weighted by molar-refractivity contribution is -0.129. The third-order valence-corrected chi connectivity index (χ3v) is 7.15. The molecule has 10 nitrogen and oxygen atoms in total. The number of ether oxygens (including phenoxy) is 1. The summed E-state index contributed by atoms with van der Waals surface area (Å²) in [7, 11) is 3.01. The summed E-state index contributed by atoms with van der Waals surface area (Å²) in [6.07, 6.45) is -0.234. The van der Waals surface area contributed by atoms with Gasteiger partial charge in [-0.25, -0.2) is 13.6 Å². The molecule has 0 aliphatic rings. The van der Waals surface area contributed by atoms with Crippen LogP contribution in [0.15, 0.2) is 71.5 Å². The van der Waals surface area contributed by atoms with Crippen molar-refractivity contribution in [2.24, 2.45) is 5.73 Å². The van der Waals surface area contributed by atoms with Crippen LogP contribution in [0.1, 0.15) is 31.5 Å². The number of carbonyl (C=O) groups is 3. The molecule has 0 saturated carbocycles. The van der Waals surface area contributed by atoms with Gasteiger partial charge in [0.15, 0.2) is 0 Å². The van der Waals surface area contributed by atoms with Crippen LogP contribution in [-0.2, 0) is 20.8 Å². The van der Waals surface area contributed by atoms with Gasteiger partial charge in [0.2, 0.25) is 17.7 Å². The van der Waals surface area contributed by atoms with Crippen molar-refractivity contribution in [3.05, 3.63) is 94.4 Å². The molecule has 1 heterocycles. The highest BCUT2D eigenvalue weighted by atomic mass is 19.1. The SMILES string of the molecule is COc1ccc(N(C)C(=O)[C@H](Cc2cc(F)cc(F)c2)NC(=O)C(C)n2c(=O)n(C(C)C(N)=O)c3ccccc32)cc1. The number of hydrogen-bond donors (Lipinski definition) is 2. The zero-order chi connectivity index (χ0) is 30.7. The summed E-state index contributed by atoms with van der Waals surface area (Å²) in [5.41, 5.74) is 6.23. The maximum Gasteiger partial charge on any atom is 0.330 e. The summed E-state index contributed by atoms with van der Waals surface area (Å²) in [5, 5.41) is 2.67. The molecular weight excluding hydrogens is 548 g/mol. The molecule has 2 unspecified atom stereocenters. The largest absolute Gasteiger partial charge is 0.497 e. The summed E-state index contributed by atoms with van der Waals surface area (Å²) < 4.78 is 35.6. The van der Waals surface area contributed by atoms with Crippen LogP contribution < -0.4 is 26.4 Å². The van der Waals surface area contributed by atoms with Gasteiger partial charge in [-0.3, -0.25) is 23.5 Å². The van der Waals surface area contributed by atoms with Crippen molar-refractivity contribution in [1.29, 1.82) is 0 Å². The Morgan fingerprint density at radius 1 is 0.929 bits per heavy atom. The highest BCUT2D eigenvalue weighted by molar-refractivity contribution is 5.99. The Morgan fingerprint density at radius 2 is 1.48 bits per heavy atom. The van der Waals surface area contributed by atoms with Crippen molar-refractivity contribution in [2.45, 2.75) is 38.4 Å². The van der Waals surface area contributed by atoms with Crippen LogP contribution in [0.2, 0.25) is 0 Å². The third-order valence-electron chi connectivity index (χ3n) is 7.15. The topological polar surface area (TPSA) is 129 Å². The van der Waals surface area contributed by atoms with Gasteiger partial charge in [-0.15, -0.1) is 0 Å². The highest BCUT2D eigenvalue weighted by Gasteiger charge is 2.31. The number of amides is 3. The fourth-order valence-corrected chi connectivity index (χ4v) is 4.81. The molecule has 3 atom stereocenters. The van der Waals surface area contributed by atoms with Crippen LogP contribution in [-0.4, -0.2) is 47.1 Å². The summed E-state index contributed by atoms with van der Waals surface area (Å²) in [4.78, 5) is 54.0. The molecule has 220 valence electrons. The van der Waals surface area contributed by atoms with Crippen molar-refractivity contribution >= 4 is 34.4 Å². The Hall–Kier alpha value is -5.00. The number of imidazole rings is 1. The van der Waals surface area contributed by atoms with Crippen molar-refractivity contribution in [1.82, 2.24) is 14.5 Å². The number of anilines is 1. The van der Waals surface area contributed by atoms with Crippen molar-refractivity contribution in [3.8, 4) is 5.75 Å². The molecule has 4 rings (SSSR count). The fourth-order valence-electron chi connectivity index (χ4n) is 4.81. The standard InChI is InChI=1S/C30H31F2N5O5/c1-17(27(33)38)36-25-7-5-6-8-26(25)37(30(36)41)18(2)28(39)34-24(15-19-13-20(31)16-21(32)14-19)29(40)35(3)22-9-11-23(42-4)12-10-22/h5-14,16-18,24H,15H2,1-4H3,(H2,33,38)(H,34,39)/t17?,18?,24-/m0/s1. The van der Waals surface area contributed by atoms with Gasteiger partial charge in [0.1, 0.15) is 35.5 Å². The summed E-state index contributed by atoms with van der Waals surface area (Å²) >= 11 is 0. The second kappa shape index (κ2) is 12.2. The van der Waals surface area contributed by atoms with Crippen LogP contribution in [0.3, 0.4) is 0 Å². The Kier molecular flexibility index (Phi) is 8.74. The minimum atomic E-state index is -1.26. The van der Waals surface area contributed by atoms with Crippen LogP contribution in [0.25, 0.3) is 11.0 Å². The number of rotatable bonds is 10. The number of benzene rings is 3. The molecule has 1 aromatic heterocycles. The molecule has 0 radical (unpaired) electrons. The number of para-hydroxylation sites is 2. The first-order valence-corrected chi connectivity index (χ1v) is 13.1. The van der Waals surface area contributed by atoms with Gasteiger partial charge in [0.25, 0.3) is 0 Å². The van der Waals surface area contributed by atoms with E-state index >= 15 is 0 Å². The fraction of sp³-hybridized carbons (Fsp3) is 0.267. The van der Waals surface area contributed by atoms with E-state index in [1.807, 2.05) is 0 Å². The van der Waals surface area contributed by atoms with E-state index < -0.39 is 53.2 Å². The first-order valence-electron chi connectivity index (χ1n) is 13.1. The molecular formula is C30H31F2N5O5. The zero-order valence-electron chi connectivity index (χ0n) is 23.5. The molecule has 4 aromatic rings. The normalized spacial score (nSPS) is 13.3. The van der Waals surface area contributed by atoms with Gasteiger partial charge < -0.3 is 20.7 Å². The molecule has 3 aromatic carbocycles. The average Bonchev–Trinajstić information content (AvgIpc) is 3.25. The van der Waals surface area contributed by atoms with Crippen molar-refractivity contribution in [3.63, 3.8) is 0 Å². The molecule has 3 N–H and O–H groups in total. The molecule has 12 heteroatoms. The van der Waals surface area contributed by atoms with Gasteiger partial charge in [-0.05, 0) is 67.9 Å². The lowest BCUT2D eigenvalue weighted by Gasteiger charge is -2.26. The van der Waals surface area contributed by atoms with Gasteiger partial charge in [0, 0.05) is 25.2 Å². The molecule has 0 aliphatic heterocycles. The molecule has 42 heavy (non-hydrogen) atoms. The predicted molar refractivity (Wildman–Crippen MR) is 153 cm³/mol. The van der Waals surface area contributed by atoms with Crippen LogP contribution in [0.4, 0.5) is 14.5 Å². The summed E-state index contributed by atoms with van der Waals surface area (Å²) in [5.74, 6) is -3.09. The quantitative estimate of drug-likeness (QED) is 0.298. The number of nitrogens with two attached hydrogens (primary N) is 1. The first-order chi connectivity index (χ1) is 19.9. The number of halogens is 2. The highest BCUT2D eigenvalue weighted by Crippen LogP contribution is 2.22. The smallest absolute Gasteiger partial charge is 0.330 e. The minimum Gasteiger partial charge on any atom is -0.497 e. The van der Waals surface area contributed by atoms with Crippen molar-refractivity contribution < 1.29 is 27.9 Å². The Bertz CT molecular complexity index is 1680. The Morgan fingerprint density at radius 3 is 2.00 bits per heavy atom. The summed E-state index contributed by atoms with van der Waals surface area (Å²) in [6, 6.07) is 12.7. The molecule has 0 fully saturated rings. The van der Waals surface area contributed by atoms with Gasteiger partial charge in [0.05, 0.1) is 18.1 Å². The van der Waals surface area contributed by atoms with Gasteiger partial charge >= 0.3 is 5.69 Å². The van der Waals surface area contributed by atoms with Gasteiger partial charge in [-0.2, -0.15) is 0 Å². The number of nitrogens with one attached hydrogen (secondary N) is 1. The van der Waals surface area contributed by atoms with E-state index in [4.69, 9.17) is 10.5 Å². The number of carbonyl (C=O) groups excluding carboxylic acids is 3. The van der Waals surface area contributed by atoms with Crippen LogP contribution >= 0.6 is 0 Å². The number of hydrogen-bond acceptors (Lipinski definition) is 5. The minimum absolute atomic E-state index is 0.144. The van der Waals surface area contributed by atoms with E-state index in [2.05, 4.69) is 5.32 Å².